The van der Waals surface area contributed by atoms with Crippen molar-refractivity contribution in [2.75, 3.05) is 0 Å². The highest BCUT2D eigenvalue weighted by Gasteiger charge is 2.45. The van der Waals surface area contributed by atoms with Gasteiger partial charge >= 0.3 is 5.97 Å². The molecule has 2 saturated carbocycles. The molecule has 0 aromatic carbocycles. The Morgan fingerprint density at radius 2 is 1.67 bits per heavy atom. The van der Waals surface area contributed by atoms with Gasteiger partial charge in [-0.3, -0.25) is 9.59 Å². The lowest BCUT2D eigenvalue weighted by Gasteiger charge is -2.17. The van der Waals surface area contributed by atoms with Crippen molar-refractivity contribution < 1.29 is 14.7 Å². The molecule has 15 heavy (non-hydrogen) atoms. The van der Waals surface area contributed by atoms with Gasteiger partial charge in [-0.25, -0.2) is 0 Å². The Morgan fingerprint density at radius 3 is 2.00 bits per heavy atom. The number of hydrogen-bond donors (Lipinski definition) is 2. The summed E-state index contributed by atoms with van der Waals surface area (Å²) < 4.78 is 0. The van der Waals surface area contributed by atoms with E-state index in [1.165, 1.54) is 6.92 Å². The number of hydrogen-bond acceptors (Lipinski definition) is 2. The number of rotatable bonds is 5. The Balaban J connectivity index is 1.89. The zero-order chi connectivity index (χ0) is 11.0. The topological polar surface area (TPSA) is 66.4 Å². The van der Waals surface area contributed by atoms with E-state index in [-0.39, 0.29) is 11.8 Å². The molecule has 1 amide bonds. The molecule has 1 unspecified atom stereocenters. The van der Waals surface area contributed by atoms with Gasteiger partial charge in [-0.2, -0.15) is 0 Å². The summed E-state index contributed by atoms with van der Waals surface area (Å²) in [5.41, 5.74) is 0. The lowest BCUT2D eigenvalue weighted by atomic mass is 9.96. The summed E-state index contributed by atoms with van der Waals surface area (Å²) in [5, 5.41) is 11.3. The van der Waals surface area contributed by atoms with Crippen LogP contribution in [0.3, 0.4) is 0 Å². The Hall–Kier alpha value is -1.06. The van der Waals surface area contributed by atoms with Gasteiger partial charge in [0.25, 0.3) is 0 Å². The molecule has 1 atom stereocenters. The molecule has 4 heteroatoms. The Morgan fingerprint density at radius 1 is 1.20 bits per heavy atom. The Bertz CT molecular complexity index is 270. The summed E-state index contributed by atoms with van der Waals surface area (Å²) in [6.45, 7) is 1.51. The van der Waals surface area contributed by atoms with E-state index in [9.17, 15) is 9.59 Å². The van der Waals surface area contributed by atoms with Crippen LogP contribution < -0.4 is 5.32 Å². The fraction of sp³-hybridized carbons (Fsp3) is 0.818. The molecule has 2 N–H and O–H groups in total. The largest absolute Gasteiger partial charge is 0.480 e. The van der Waals surface area contributed by atoms with E-state index in [1.54, 1.807) is 0 Å². The molecular weight excluding hydrogens is 194 g/mol. The highest BCUT2D eigenvalue weighted by molar-refractivity contribution is 5.85. The number of amides is 1. The standard InChI is InChI=1S/C11H17NO3/c1-6(11(14)15)12-10(13)9(7-2-3-7)8-4-5-8/h6-9H,2-5H2,1H3,(H,12,13)(H,14,15). The minimum absolute atomic E-state index is 0.0464. The summed E-state index contributed by atoms with van der Waals surface area (Å²) in [6, 6.07) is -0.766. The molecule has 0 spiro atoms. The Labute approximate surface area is 89.0 Å². The van der Waals surface area contributed by atoms with Crippen LogP contribution in [0.1, 0.15) is 32.6 Å². The van der Waals surface area contributed by atoms with Crippen LogP contribution in [0.25, 0.3) is 0 Å². The zero-order valence-electron chi connectivity index (χ0n) is 8.90. The number of carbonyl (C=O) groups excluding carboxylic acids is 1. The molecular formula is C11H17NO3. The van der Waals surface area contributed by atoms with Crippen LogP contribution >= 0.6 is 0 Å². The third-order valence-corrected chi connectivity index (χ3v) is 3.29. The van der Waals surface area contributed by atoms with E-state index >= 15 is 0 Å². The van der Waals surface area contributed by atoms with Gasteiger partial charge in [0, 0.05) is 5.92 Å². The van der Waals surface area contributed by atoms with Crippen molar-refractivity contribution in [2.45, 2.75) is 38.6 Å². The highest BCUT2D eigenvalue weighted by Crippen LogP contribution is 2.49. The molecule has 0 heterocycles. The molecule has 0 aromatic rings. The summed E-state index contributed by atoms with van der Waals surface area (Å²) in [7, 11) is 0. The first-order chi connectivity index (χ1) is 7.09. The van der Waals surface area contributed by atoms with Crippen LogP contribution in [-0.4, -0.2) is 23.0 Å². The van der Waals surface area contributed by atoms with Gasteiger partial charge in [-0.05, 0) is 44.4 Å². The molecule has 0 radical (unpaired) electrons. The van der Waals surface area contributed by atoms with E-state index in [2.05, 4.69) is 5.32 Å². The molecule has 0 aliphatic heterocycles. The van der Waals surface area contributed by atoms with Gasteiger partial charge in [0.1, 0.15) is 6.04 Å². The average molecular weight is 211 g/mol. The number of carbonyl (C=O) groups is 2. The minimum atomic E-state index is -0.964. The summed E-state index contributed by atoms with van der Waals surface area (Å²) in [5.74, 6) is 0.132. The van der Waals surface area contributed by atoms with Crippen LogP contribution in [0.15, 0.2) is 0 Å². The maximum absolute atomic E-state index is 11.8. The molecule has 2 rings (SSSR count). The van der Waals surface area contributed by atoms with Crippen LogP contribution in [0.4, 0.5) is 0 Å². The van der Waals surface area contributed by atoms with E-state index in [1.807, 2.05) is 0 Å². The lowest BCUT2D eigenvalue weighted by Crippen LogP contribution is -2.42. The quantitative estimate of drug-likeness (QED) is 0.713. The minimum Gasteiger partial charge on any atom is -0.480 e. The normalized spacial score (nSPS) is 22.5. The maximum atomic E-state index is 11.8. The summed E-state index contributed by atoms with van der Waals surface area (Å²) in [6.07, 6.45) is 4.54. The zero-order valence-corrected chi connectivity index (χ0v) is 8.90. The second-order valence-electron chi connectivity index (χ2n) is 4.77. The Kier molecular flexibility index (Phi) is 2.67. The van der Waals surface area contributed by atoms with Crippen molar-refractivity contribution in [3.8, 4) is 0 Å². The van der Waals surface area contributed by atoms with E-state index in [0.717, 1.165) is 25.7 Å². The van der Waals surface area contributed by atoms with E-state index in [0.29, 0.717) is 11.8 Å². The third kappa shape index (κ3) is 2.49. The average Bonchev–Trinajstić information content (AvgIpc) is 2.97. The predicted molar refractivity (Wildman–Crippen MR) is 54.2 cm³/mol. The van der Waals surface area contributed by atoms with Crippen LogP contribution in [-0.2, 0) is 9.59 Å². The van der Waals surface area contributed by atoms with Crippen molar-refractivity contribution in [1.29, 1.82) is 0 Å². The molecule has 84 valence electrons. The fourth-order valence-corrected chi connectivity index (χ4v) is 2.10. The third-order valence-electron chi connectivity index (χ3n) is 3.29. The first-order valence-corrected chi connectivity index (χ1v) is 5.62. The van der Waals surface area contributed by atoms with Gasteiger partial charge in [0.2, 0.25) is 5.91 Å². The second kappa shape index (κ2) is 3.83. The molecule has 4 nitrogen and oxygen atoms in total. The fourth-order valence-electron chi connectivity index (χ4n) is 2.10. The second-order valence-corrected chi connectivity index (χ2v) is 4.77. The van der Waals surface area contributed by atoms with Gasteiger partial charge in [-0.15, -0.1) is 0 Å². The monoisotopic (exact) mass is 211 g/mol. The SMILES string of the molecule is CC(NC(=O)C(C1CC1)C1CC1)C(=O)O. The smallest absolute Gasteiger partial charge is 0.325 e. The summed E-state index contributed by atoms with van der Waals surface area (Å²) in [4.78, 5) is 22.5. The van der Waals surface area contributed by atoms with Crippen molar-refractivity contribution in [2.24, 2.45) is 17.8 Å². The first kappa shape index (κ1) is 10.5. The number of nitrogens with one attached hydrogen (secondary N) is 1. The van der Waals surface area contributed by atoms with E-state index in [4.69, 9.17) is 5.11 Å². The van der Waals surface area contributed by atoms with Crippen molar-refractivity contribution in [1.82, 2.24) is 5.32 Å². The molecule has 0 aromatic heterocycles. The van der Waals surface area contributed by atoms with Crippen LogP contribution in [0, 0.1) is 17.8 Å². The predicted octanol–water partition coefficient (Wildman–Crippen LogP) is 1.01. The van der Waals surface area contributed by atoms with Gasteiger partial charge < -0.3 is 10.4 Å². The van der Waals surface area contributed by atoms with Crippen LogP contribution in [0.5, 0.6) is 0 Å². The van der Waals surface area contributed by atoms with Gasteiger partial charge in [-0.1, -0.05) is 0 Å². The maximum Gasteiger partial charge on any atom is 0.325 e. The van der Waals surface area contributed by atoms with Gasteiger partial charge in [0.05, 0.1) is 0 Å². The number of aliphatic carboxylic acids is 1. The van der Waals surface area contributed by atoms with Gasteiger partial charge in [0.15, 0.2) is 0 Å². The lowest BCUT2D eigenvalue weighted by molar-refractivity contribution is -0.142. The molecule has 2 fully saturated rings. The molecule has 0 saturated heterocycles. The number of carboxylic acids is 1. The number of carboxylic acid groups (broad SMARTS) is 1. The first-order valence-electron chi connectivity index (χ1n) is 5.62. The summed E-state index contributed by atoms with van der Waals surface area (Å²) >= 11 is 0. The molecule has 2 aliphatic rings. The van der Waals surface area contributed by atoms with Crippen molar-refractivity contribution in [3.63, 3.8) is 0 Å². The molecule has 0 bridgehead atoms. The van der Waals surface area contributed by atoms with Crippen LogP contribution in [0.2, 0.25) is 0 Å². The van der Waals surface area contributed by atoms with Crippen molar-refractivity contribution >= 4 is 11.9 Å². The van der Waals surface area contributed by atoms with Crippen molar-refractivity contribution in [3.05, 3.63) is 0 Å². The highest BCUT2D eigenvalue weighted by atomic mass is 16.4. The molecule has 2 aliphatic carbocycles. The van der Waals surface area contributed by atoms with E-state index < -0.39 is 12.0 Å².